The van der Waals surface area contributed by atoms with Gasteiger partial charge in [-0.15, -0.1) is 11.3 Å². The van der Waals surface area contributed by atoms with Crippen LogP contribution in [0.1, 0.15) is 24.5 Å². The summed E-state index contributed by atoms with van der Waals surface area (Å²) in [7, 11) is 3.40. The average Bonchev–Trinajstić information content (AvgIpc) is 3.13. The molecule has 2 N–H and O–H groups in total. The second kappa shape index (κ2) is 10.7. The van der Waals surface area contributed by atoms with Crippen LogP contribution in [0.5, 0.6) is 11.5 Å². The van der Waals surface area contributed by atoms with Crippen molar-refractivity contribution >= 4 is 17.3 Å². The third-order valence-corrected chi connectivity index (χ3v) is 4.80. The fourth-order valence-electron chi connectivity index (χ4n) is 2.37. The van der Waals surface area contributed by atoms with Gasteiger partial charge in [-0.25, -0.2) is 4.98 Å². The SMILES string of the molecule is CCc1nc(CCNC(=NC)NCC(C)Oc2ccccc2OC)cs1. The highest BCUT2D eigenvalue weighted by molar-refractivity contribution is 7.09. The van der Waals surface area contributed by atoms with Gasteiger partial charge in [-0.1, -0.05) is 19.1 Å². The van der Waals surface area contributed by atoms with Crippen molar-refractivity contribution in [3.8, 4) is 11.5 Å². The zero-order valence-corrected chi connectivity index (χ0v) is 16.7. The summed E-state index contributed by atoms with van der Waals surface area (Å²) in [6, 6.07) is 7.65. The van der Waals surface area contributed by atoms with E-state index in [1.54, 1.807) is 25.5 Å². The number of hydrogen-bond donors (Lipinski definition) is 2. The van der Waals surface area contributed by atoms with E-state index in [1.807, 2.05) is 31.2 Å². The molecule has 0 radical (unpaired) electrons. The Bertz CT molecular complexity index is 702. The Hall–Kier alpha value is -2.28. The first-order valence-corrected chi connectivity index (χ1v) is 9.71. The van der Waals surface area contributed by atoms with Crippen LogP contribution >= 0.6 is 11.3 Å². The summed E-state index contributed by atoms with van der Waals surface area (Å²) in [5.41, 5.74) is 1.13. The molecule has 0 aliphatic heterocycles. The monoisotopic (exact) mass is 376 g/mol. The van der Waals surface area contributed by atoms with Gasteiger partial charge in [0.05, 0.1) is 24.4 Å². The van der Waals surface area contributed by atoms with Gasteiger partial charge in [0.15, 0.2) is 17.5 Å². The van der Waals surface area contributed by atoms with Crippen LogP contribution in [0.2, 0.25) is 0 Å². The van der Waals surface area contributed by atoms with Gasteiger partial charge in [0.2, 0.25) is 0 Å². The van der Waals surface area contributed by atoms with Crippen molar-refractivity contribution < 1.29 is 9.47 Å². The molecule has 0 bridgehead atoms. The number of methoxy groups -OCH3 is 1. The summed E-state index contributed by atoms with van der Waals surface area (Å²) in [5, 5.41) is 9.90. The molecule has 0 fully saturated rings. The minimum absolute atomic E-state index is 0.0319. The van der Waals surface area contributed by atoms with Gasteiger partial charge in [0.1, 0.15) is 6.10 Å². The smallest absolute Gasteiger partial charge is 0.191 e. The van der Waals surface area contributed by atoms with Crippen molar-refractivity contribution in [2.24, 2.45) is 4.99 Å². The number of benzene rings is 1. The van der Waals surface area contributed by atoms with Gasteiger partial charge >= 0.3 is 0 Å². The predicted octanol–water partition coefficient (Wildman–Crippen LogP) is 2.89. The third-order valence-electron chi connectivity index (χ3n) is 3.75. The Balaban J connectivity index is 1.73. The molecule has 2 rings (SSSR count). The molecule has 0 aliphatic rings. The number of para-hydroxylation sites is 2. The molecule has 0 amide bonds. The summed E-state index contributed by atoms with van der Waals surface area (Å²) in [6.45, 7) is 5.55. The molecule has 0 saturated heterocycles. The van der Waals surface area contributed by atoms with E-state index in [1.165, 1.54) is 5.01 Å². The number of thiazole rings is 1. The molecule has 142 valence electrons. The molecule has 1 unspecified atom stereocenters. The zero-order chi connectivity index (χ0) is 18.8. The van der Waals surface area contributed by atoms with Gasteiger partial charge in [-0.2, -0.15) is 0 Å². The quantitative estimate of drug-likeness (QED) is 0.520. The van der Waals surface area contributed by atoms with Gasteiger partial charge in [0, 0.05) is 25.4 Å². The molecule has 1 heterocycles. The standard InChI is InChI=1S/C19H28N4O2S/c1-5-18-23-15(13-26-18)10-11-21-19(20-3)22-12-14(2)25-17-9-7-6-8-16(17)24-4/h6-9,13-14H,5,10-12H2,1-4H3,(H2,20,21,22). The molecular weight excluding hydrogens is 348 g/mol. The largest absolute Gasteiger partial charge is 0.493 e. The Morgan fingerprint density at radius 1 is 1.27 bits per heavy atom. The summed E-state index contributed by atoms with van der Waals surface area (Å²) in [5.74, 6) is 2.23. The van der Waals surface area contributed by atoms with Crippen molar-refractivity contribution in [3.05, 3.63) is 40.3 Å². The van der Waals surface area contributed by atoms with Crippen molar-refractivity contribution in [3.63, 3.8) is 0 Å². The molecule has 2 aromatic rings. The molecule has 0 aliphatic carbocycles. The first-order valence-electron chi connectivity index (χ1n) is 8.83. The number of ether oxygens (including phenoxy) is 2. The fourth-order valence-corrected chi connectivity index (χ4v) is 3.15. The van der Waals surface area contributed by atoms with Crippen molar-refractivity contribution in [1.82, 2.24) is 15.6 Å². The number of aryl methyl sites for hydroxylation is 1. The lowest BCUT2D eigenvalue weighted by Gasteiger charge is -2.19. The molecule has 1 aromatic carbocycles. The van der Waals surface area contributed by atoms with Crippen LogP contribution in [-0.2, 0) is 12.8 Å². The topological polar surface area (TPSA) is 67.8 Å². The number of aliphatic imine (C=N–C) groups is 1. The van der Waals surface area contributed by atoms with Crippen LogP contribution in [0.25, 0.3) is 0 Å². The molecule has 7 heteroatoms. The van der Waals surface area contributed by atoms with E-state index >= 15 is 0 Å². The molecule has 0 spiro atoms. The fraction of sp³-hybridized carbons (Fsp3) is 0.474. The molecular formula is C19H28N4O2S. The van der Waals surface area contributed by atoms with E-state index in [0.29, 0.717) is 6.54 Å². The minimum atomic E-state index is -0.0319. The number of aromatic nitrogens is 1. The van der Waals surface area contributed by atoms with Crippen molar-refractivity contribution in [2.75, 3.05) is 27.2 Å². The lowest BCUT2D eigenvalue weighted by atomic mass is 10.3. The van der Waals surface area contributed by atoms with Crippen LogP contribution in [-0.4, -0.2) is 44.3 Å². The highest BCUT2D eigenvalue weighted by Gasteiger charge is 2.09. The number of nitrogens with zero attached hydrogens (tertiary/aromatic N) is 2. The number of rotatable bonds is 9. The lowest BCUT2D eigenvalue weighted by molar-refractivity contribution is 0.213. The first kappa shape index (κ1) is 20.0. The Labute approximate surface area is 159 Å². The summed E-state index contributed by atoms with van der Waals surface area (Å²) >= 11 is 1.72. The van der Waals surface area contributed by atoms with E-state index in [9.17, 15) is 0 Å². The predicted molar refractivity (Wildman–Crippen MR) is 108 cm³/mol. The van der Waals surface area contributed by atoms with Gasteiger partial charge in [0.25, 0.3) is 0 Å². The highest BCUT2D eigenvalue weighted by Crippen LogP contribution is 2.26. The highest BCUT2D eigenvalue weighted by atomic mass is 32.1. The van der Waals surface area contributed by atoms with Crippen molar-refractivity contribution in [1.29, 1.82) is 0 Å². The number of guanidine groups is 1. The van der Waals surface area contributed by atoms with Crippen LogP contribution in [0.3, 0.4) is 0 Å². The normalized spacial score (nSPS) is 12.5. The van der Waals surface area contributed by atoms with Gasteiger partial charge in [-0.3, -0.25) is 4.99 Å². The molecule has 26 heavy (non-hydrogen) atoms. The van der Waals surface area contributed by atoms with Crippen LogP contribution in [0.15, 0.2) is 34.6 Å². The molecule has 1 aromatic heterocycles. The Morgan fingerprint density at radius 3 is 2.69 bits per heavy atom. The van der Waals surface area contributed by atoms with E-state index in [-0.39, 0.29) is 6.10 Å². The lowest BCUT2D eigenvalue weighted by Crippen LogP contribution is -2.42. The van der Waals surface area contributed by atoms with Crippen molar-refractivity contribution in [2.45, 2.75) is 32.8 Å². The maximum atomic E-state index is 5.94. The first-order chi connectivity index (χ1) is 12.7. The van der Waals surface area contributed by atoms with Crippen LogP contribution in [0.4, 0.5) is 0 Å². The summed E-state index contributed by atoms with van der Waals surface area (Å²) in [4.78, 5) is 8.82. The van der Waals surface area contributed by atoms with E-state index in [2.05, 4.69) is 32.9 Å². The number of hydrogen-bond acceptors (Lipinski definition) is 5. The summed E-state index contributed by atoms with van der Waals surface area (Å²) < 4.78 is 11.3. The zero-order valence-electron chi connectivity index (χ0n) is 15.9. The maximum Gasteiger partial charge on any atom is 0.191 e. The average molecular weight is 377 g/mol. The molecule has 1 atom stereocenters. The Morgan fingerprint density at radius 2 is 2.04 bits per heavy atom. The summed E-state index contributed by atoms with van der Waals surface area (Å²) in [6.07, 6.45) is 1.84. The van der Waals surface area contributed by atoms with E-state index in [4.69, 9.17) is 9.47 Å². The second-order valence-corrected chi connectivity index (χ2v) is 6.74. The molecule has 0 saturated carbocycles. The third kappa shape index (κ3) is 6.22. The Kier molecular flexibility index (Phi) is 8.21. The van der Waals surface area contributed by atoms with Crippen LogP contribution < -0.4 is 20.1 Å². The van der Waals surface area contributed by atoms with Gasteiger partial charge < -0.3 is 20.1 Å². The second-order valence-electron chi connectivity index (χ2n) is 5.80. The van der Waals surface area contributed by atoms with E-state index < -0.39 is 0 Å². The van der Waals surface area contributed by atoms with E-state index in [0.717, 1.165) is 42.5 Å². The van der Waals surface area contributed by atoms with Gasteiger partial charge in [-0.05, 0) is 25.5 Å². The molecule has 6 nitrogen and oxygen atoms in total. The number of nitrogens with one attached hydrogen (secondary N) is 2. The minimum Gasteiger partial charge on any atom is -0.493 e. The maximum absolute atomic E-state index is 5.94. The van der Waals surface area contributed by atoms with Crippen LogP contribution in [0, 0.1) is 0 Å².